The molecule has 10 atom stereocenters. The Morgan fingerprint density at radius 2 is 1.51 bits per heavy atom. The summed E-state index contributed by atoms with van der Waals surface area (Å²) in [6.07, 6.45) is -3.35. The van der Waals surface area contributed by atoms with E-state index in [1.165, 1.54) is 27.7 Å². The number of carbonyl (C=O) groups excluding carboxylic acids is 7. The molecule has 300 valence electrons. The van der Waals surface area contributed by atoms with Gasteiger partial charge in [0.05, 0.1) is 22.8 Å². The molecule has 3 aliphatic heterocycles. The van der Waals surface area contributed by atoms with Crippen LogP contribution in [0.15, 0.2) is 29.3 Å². The predicted octanol–water partition coefficient (Wildman–Crippen LogP) is -3.78. The van der Waals surface area contributed by atoms with E-state index in [4.69, 9.17) is 5.73 Å². The average Bonchev–Trinajstić information content (AvgIpc) is 3.69. The van der Waals surface area contributed by atoms with Crippen LogP contribution in [0.1, 0.15) is 46.1 Å². The Labute approximate surface area is 320 Å². The molecule has 0 spiro atoms. The third kappa shape index (κ3) is 9.55. The number of rotatable bonds is 4. The van der Waals surface area contributed by atoms with Crippen LogP contribution in [-0.4, -0.2) is 145 Å². The number of para-hydroxylation sites is 1. The zero-order chi connectivity index (χ0) is 40.4. The summed E-state index contributed by atoms with van der Waals surface area (Å²) in [5.41, 5.74) is 5.27. The van der Waals surface area contributed by atoms with Crippen LogP contribution in [0.5, 0.6) is 0 Å². The summed E-state index contributed by atoms with van der Waals surface area (Å²) >= 11 is 1.10. The minimum atomic E-state index is -1.67. The summed E-state index contributed by atoms with van der Waals surface area (Å²) in [5, 5.41) is 48.6. The van der Waals surface area contributed by atoms with Crippen molar-refractivity contribution in [3.63, 3.8) is 0 Å². The maximum absolute atomic E-state index is 14.3. The molecular formula is C35H49N9O10S. The SMILES string of the molecule is C[C@@H]1NC(=O)[C@H](C[C@@](C)(O)CN)NC(=O)[C@@H]2Cc3c([nH]c4ccccc34)SC[C@H](NC(=O)[C@@H]([C@H](C)O)NC1=O)C(=O)N1C[C@@H](O)C[C@H]1C(=O)N[C@@H](C)C(=O)N2. The van der Waals surface area contributed by atoms with Gasteiger partial charge in [0.1, 0.15) is 42.3 Å². The molecule has 7 amide bonds. The monoisotopic (exact) mass is 787 g/mol. The number of benzene rings is 1. The molecule has 0 saturated carbocycles. The number of fused-ring (bicyclic) bond motifs is 5. The summed E-state index contributed by atoms with van der Waals surface area (Å²) < 4.78 is 0. The zero-order valence-corrected chi connectivity index (χ0v) is 31.7. The van der Waals surface area contributed by atoms with Gasteiger partial charge in [-0.1, -0.05) is 18.2 Å². The number of nitrogens with zero attached hydrogens (tertiary/aromatic N) is 1. The van der Waals surface area contributed by atoms with Crippen molar-refractivity contribution >= 4 is 64.0 Å². The molecule has 4 heterocycles. The lowest BCUT2D eigenvalue weighted by molar-refractivity contribution is -0.142. The van der Waals surface area contributed by atoms with Gasteiger partial charge < -0.3 is 62.8 Å². The summed E-state index contributed by atoms with van der Waals surface area (Å²) in [4.78, 5) is 101. The first-order valence-electron chi connectivity index (χ1n) is 18.0. The molecule has 0 radical (unpaired) electrons. The Balaban J connectivity index is 1.69. The standard InChI is InChI=1S/C35H49N9O10S/c1-15-27(47)39-22-10-20-19-7-5-6-8-21(19)42-33(20)55-13-24(34(53)44-12-18(46)9-25(44)31(51)38-15)41-32(52)26(17(3)45)43-28(48)16(2)37-30(50)23(40-29(22)49)11-35(4,54)14-36/h5-8,15-18,22-26,42,45-46,54H,9-14,36H2,1-4H3,(H,37,50)(H,38,51)(H,39,47)(H,40,49)(H,41,52)(H,43,48)/t15-,16-,17-,18-,22-,23-,24-,25-,26+,35+/m0/s1. The van der Waals surface area contributed by atoms with Crippen LogP contribution in [0.25, 0.3) is 10.9 Å². The van der Waals surface area contributed by atoms with Gasteiger partial charge in [0.25, 0.3) is 0 Å². The van der Waals surface area contributed by atoms with E-state index in [0.717, 1.165) is 16.7 Å². The number of aromatic nitrogens is 1. The van der Waals surface area contributed by atoms with Gasteiger partial charge in [-0.25, -0.2) is 0 Å². The third-order valence-electron chi connectivity index (χ3n) is 9.97. The lowest BCUT2D eigenvalue weighted by Gasteiger charge is -2.31. The van der Waals surface area contributed by atoms with E-state index in [-0.39, 0.29) is 31.7 Å². The maximum Gasteiger partial charge on any atom is 0.246 e. The number of H-pyrrole nitrogens is 1. The Kier molecular flexibility index (Phi) is 12.8. The molecule has 1 saturated heterocycles. The molecule has 19 nitrogen and oxygen atoms in total. The summed E-state index contributed by atoms with van der Waals surface area (Å²) in [7, 11) is 0. The number of amides is 7. The molecule has 1 fully saturated rings. The topological polar surface area (TPSA) is 297 Å². The number of aliphatic hydroxyl groups is 3. The van der Waals surface area contributed by atoms with Gasteiger partial charge in [-0.15, -0.1) is 11.8 Å². The van der Waals surface area contributed by atoms with Gasteiger partial charge in [0, 0.05) is 49.0 Å². The Hall–Kier alpha value is -4.76. The lowest BCUT2D eigenvalue weighted by Crippen LogP contribution is -2.62. The Bertz CT molecular complexity index is 1840. The highest BCUT2D eigenvalue weighted by molar-refractivity contribution is 7.99. The maximum atomic E-state index is 14.3. The Morgan fingerprint density at radius 3 is 2.18 bits per heavy atom. The molecule has 5 rings (SSSR count). The van der Waals surface area contributed by atoms with Crippen LogP contribution in [0.3, 0.4) is 0 Å². The van der Waals surface area contributed by atoms with E-state index in [9.17, 15) is 48.9 Å². The summed E-state index contributed by atoms with van der Waals surface area (Å²) in [6, 6.07) is -2.62. The van der Waals surface area contributed by atoms with Crippen molar-refractivity contribution < 1.29 is 48.9 Å². The molecule has 3 aliphatic rings. The molecule has 20 heteroatoms. The number of nitrogens with two attached hydrogens (primary N) is 1. The quantitative estimate of drug-likeness (QED) is 0.142. The molecule has 1 aromatic heterocycles. The first-order chi connectivity index (χ1) is 25.9. The van der Waals surface area contributed by atoms with Crippen molar-refractivity contribution in [2.24, 2.45) is 5.73 Å². The number of nitrogens with one attached hydrogen (secondary N) is 7. The van der Waals surface area contributed by atoms with Crippen molar-refractivity contribution in [1.82, 2.24) is 41.8 Å². The molecule has 12 N–H and O–H groups in total. The van der Waals surface area contributed by atoms with Gasteiger partial charge in [-0.05, 0) is 39.3 Å². The average molecular weight is 788 g/mol. The highest BCUT2D eigenvalue weighted by Gasteiger charge is 2.44. The summed E-state index contributed by atoms with van der Waals surface area (Å²) in [5.74, 6) is -6.07. The number of hydrogen-bond acceptors (Lipinski definition) is 12. The van der Waals surface area contributed by atoms with Crippen molar-refractivity contribution in [1.29, 1.82) is 0 Å². The molecule has 1 aromatic carbocycles. The van der Waals surface area contributed by atoms with Gasteiger partial charge in [-0.2, -0.15) is 0 Å². The predicted molar refractivity (Wildman–Crippen MR) is 198 cm³/mol. The minimum absolute atomic E-state index is 0.159. The second-order valence-corrected chi connectivity index (χ2v) is 15.7. The highest BCUT2D eigenvalue weighted by Crippen LogP contribution is 2.32. The van der Waals surface area contributed by atoms with Crippen LogP contribution < -0.4 is 37.6 Å². The van der Waals surface area contributed by atoms with E-state index >= 15 is 0 Å². The van der Waals surface area contributed by atoms with E-state index in [2.05, 4.69) is 36.9 Å². The van der Waals surface area contributed by atoms with Crippen LogP contribution in [0.4, 0.5) is 0 Å². The first-order valence-corrected chi connectivity index (χ1v) is 19.0. The fourth-order valence-corrected chi connectivity index (χ4v) is 7.87. The smallest absolute Gasteiger partial charge is 0.246 e. The number of thioether (sulfide) groups is 1. The number of aromatic amines is 1. The van der Waals surface area contributed by atoms with Gasteiger partial charge in [0.15, 0.2) is 0 Å². The minimum Gasteiger partial charge on any atom is -0.391 e. The number of hydrogen-bond donors (Lipinski definition) is 11. The number of carbonyl (C=O) groups is 7. The van der Waals surface area contributed by atoms with E-state index in [0.29, 0.717) is 21.5 Å². The second-order valence-electron chi connectivity index (χ2n) is 14.7. The highest BCUT2D eigenvalue weighted by atomic mass is 32.2. The van der Waals surface area contributed by atoms with Crippen molar-refractivity contribution in [3.05, 3.63) is 29.8 Å². The Morgan fingerprint density at radius 1 is 0.873 bits per heavy atom. The molecule has 2 aromatic rings. The normalized spacial score (nSPS) is 30.8. The van der Waals surface area contributed by atoms with E-state index in [1.54, 1.807) is 24.3 Å². The van der Waals surface area contributed by atoms with E-state index in [1.807, 2.05) is 0 Å². The first kappa shape index (κ1) is 41.4. The van der Waals surface area contributed by atoms with Gasteiger partial charge in [0.2, 0.25) is 41.4 Å². The fourth-order valence-electron chi connectivity index (χ4n) is 6.76. The van der Waals surface area contributed by atoms with Crippen molar-refractivity contribution in [2.75, 3.05) is 18.8 Å². The van der Waals surface area contributed by atoms with Gasteiger partial charge >= 0.3 is 0 Å². The van der Waals surface area contributed by atoms with E-state index < -0.39 is 108 Å². The largest absolute Gasteiger partial charge is 0.391 e. The molecule has 0 aliphatic carbocycles. The molecule has 2 bridgehead atoms. The third-order valence-corrected chi connectivity index (χ3v) is 11.1. The molecular weight excluding hydrogens is 739 g/mol. The van der Waals surface area contributed by atoms with Crippen molar-refractivity contribution in [2.45, 2.75) is 112 Å². The number of aliphatic hydroxyl groups excluding tert-OH is 2. The lowest BCUT2D eigenvalue weighted by atomic mass is 9.95. The fraction of sp³-hybridized carbons (Fsp3) is 0.571. The second kappa shape index (κ2) is 16.9. The van der Waals surface area contributed by atoms with Crippen LogP contribution in [0, 0.1) is 0 Å². The summed E-state index contributed by atoms with van der Waals surface area (Å²) in [6.45, 7) is 4.70. The van der Waals surface area contributed by atoms with Crippen LogP contribution in [-0.2, 0) is 40.0 Å². The van der Waals surface area contributed by atoms with Crippen LogP contribution in [0.2, 0.25) is 0 Å². The molecule has 55 heavy (non-hydrogen) atoms. The van der Waals surface area contributed by atoms with Crippen molar-refractivity contribution in [3.8, 4) is 0 Å². The van der Waals surface area contributed by atoms with Gasteiger partial charge in [-0.3, -0.25) is 33.6 Å². The zero-order valence-electron chi connectivity index (χ0n) is 30.9. The molecule has 0 unspecified atom stereocenters. The van der Waals surface area contributed by atoms with Crippen LogP contribution >= 0.6 is 11.8 Å².